The van der Waals surface area contributed by atoms with Crippen LogP contribution < -0.4 is 9.62 Å². The van der Waals surface area contributed by atoms with E-state index in [2.05, 4.69) is 5.32 Å². The SMILES string of the molecule is CN(c1ccccc1C(=O)N[C@@H]1C[C@@H]2CC[C@@H]1C2)S(=O)(=O)c1ccccc1. The Morgan fingerprint density at radius 1 is 1.00 bits per heavy atom. The van der Waals surface area contributed by atoms with Crippen LogP contribution in [0.1, 0.15) is 36.0 Å². The molecule has 2 aromatic rings. The summed E-state index contributed by atoms with van der Waals surface area (Å²) < 4.78 is 27.1. The molecule has 0 spiro atoms. The van der Waals surface area contributed by atoms with Gasteiger partial charge in [-0.25, -0.2) is 8.42 Å². The second-order valence-corrected chi connectivity index (χ2v) is 9.53. The van der Waals surface area contributed by atoms with Crippen molar-refractivity contribution in [3.05, 3.63) is 60.2 Å². The molecular weight excluding hydrogens is 360 g/mol. The molecule has 4 rings (SSSR count). The molecule has 3 atom stereocenters. The molecular formula is C21H24N2O3S. The summed E-state index contributed by atoms with van der Waals surface area (Å²) in [5.41, 5.74) is 0.782. The summed E-state index contributed by atoms with van der Waals surface area (Å²) in [4.78, 5) is 13.1. The summed E-state index contributed by atoms with van der Waals surface area (Å²) in [5.74, 6) is 1.10. The smallest absolute Gasteiger partial charge is 0.264 e. The van der Waals surface area contributed by atoms with Crippen LogP contribution in [0.2, 0.25) is 0 Å². The topological polar surface area (TPSA) is 66.5 Å². The highest BCUT2D eigenvalue weighted by molar-refractivity contribution is 7.92. The molecule has 6 heteroatoms. The van der Waals surface area contributed by atoms with Crippen molar-refractivity contribution in [2.24, 2.45) is 11.8 Å². The van der Waals surface area contributed by atoms with Gasteiger partial charge in [-0.05, 0) is 55.4 Å². The van der Waals surface area contributed by atoms with Gasteiger partial charge in [0.25, 0.3) is 15.9 Å². The molecule has 0 radical (unpaired) electrons. The van der Waals surface area contributed by atoms with Gasteiger partial charge in [0.2, 0.25) is 0 Å². The van der Waals surface area contributed by atoms with E-state index in [-0.39, 0.29) is 16.8 Å². The predicted molar refractivity (Wildman–Crippen MR) is 105 cm³/mol. The van der Waals surface area contributed by atoms with Crippen molar-refractivity contribution in [1.29, 1.82) is 0 Å². The summed E-state index contributed by atoms with van der Waals surface area (Å²) in [6, 6.07) is 15.4. The van der Waals surface area contributed by atoms with E-state index in [4.69, 9.17) is 0 Å². The lowest BCUT2D eigenvalue weighted by Gasteiger charge is -2.25. The van der Waals surface area contributed by atoms with Gasteiger partial charge < -0.3 is 5.32 Å². The maximum atomic E-state index is 13.0. The lowest BCUT2D eigenvalue weighted by Crippen LogP contribution is -2.39. The van der Waals surface area contributed by atoms with Gasteiger partial charge in [-0.1, -0.05) is 36.8 Å². The third kappa shape index (κ3) is 3.34. The van der Waals surface area contributed by atoms with Gasteiger partial charge in [0.05, 0.1) is 16.1 Å². The summed E-state index contributed by atoms with van der Waals surface area (Å²) in [6.07, 6.45) is 4.69. The van der Waals surface area contributed by atoms with Crippen molar-refractivity contribution in [2.45, 2.75) is 36.6 Å². The maximum Gasteiger partial charge on any atom is 0.264 e. The van der Waals surface area contributed by atoms with Gasteiger partial charge in [-0.2, -0.15) is 0 Å². The average molecular weight is 385 g/mol. The second kappa shape index (κ2) is 7.00. The summed E-state index contributed by atoms with van der Waals surface area (Å²) in [7, 11) is -2.24. The molecule has 0 heterocycles. The zero-order valence-electron chi connectivity index (χ0n) is 15.3. The summed E-state index contributed by atoms with van der Waals surface area (Å²) in [6.45, 7) is 0. The van der Waals surface area contributed by atoms with Crippen molar-refractivity contribution in [3.63, 3.8) is 0 Å². The molecule has 1 amide bonds. The zero-order chi connectivity index (χ0) is 19.0. The summed E-state index contributed by atoms with van der Waals surface area (Å²) in [5, 5.41) is 3.15. The minimum absolute atomic E-state index is 0.196. The molecule has 0 saturated heterocycles. The van der Waals surface area contributed by atoms with Crippen molar-refractivity contribution in [2.75, 3.05) is 11.4 Å². The molecule has 0 aliphatic heterocycles. The van der Waals surface area contributed by atoms with E-state index in [0.29, 0.717) is 17.2 Å². The van der Waals surface area contributed by atoms with Crippen molar-refractivity contribution >= 4 is 21.6 Å². The van der Waals surface area contributed by atoms with Gasteiger partial charge in [-0.3, -0.25) is 9.10 Å². The van der Waals surface area contributed by atoms with E-state index >= 15 is 0 Å². The number of amides is 1. The molecule has 2 fully saturated rings. The quantitative estimate of drug-likeness (QED) is 0.859. The van der Waals surface area contributed by atoms with Crippen LogP contribution in [-0.2, 0) is 10.0 Å². The molecule has 0 aromatic heterocycles. The van der Waals surface area contributed by atoms with Crippen LogP contribution in [0.3, 0.4) is 0 Å². The second-order valence-electron chi connectivity index (χ2n) is 7.56. The number of rotatable bonds is 5. The van der Waals surface area contributed by atoms with Crippen LogP contribution in [-0.4, -0.2) is 27.4 Å². The predicted octanol–water partition coefficient (Wildman–Crippen LogP) is 3.43. The van der Waals surface area contributed by atoms with Gasteiger partial charge >= 0.3 is 0 Å². The lowest BCUT2D eigenvalue weighted by atomic mass is 9.95. The fourth-order valence-corrected chi connectivity index (χ4v) is 5.72. The standard InChI is InChI=1S/C21H24N2O3S/c1-23(27(25,26)17-7-3-2-4-8-17)20-10-6-5-9-18(20)21(24)22-19-14-15-11-12-16(19)13-15/h2-10,15-16,19H,11-14H2,1H3,(H,22,24)/t15-,16-,19-/m1/s1. The largest absolute Gasteiger partial charge is 0.349 e. The van der Waals surface area contributed by atoms with Crippen molar-refractivity contribution in [1.82, 2.24) is 5.32 Å². The molecule has 5 nitrogen and oxygen atoms in total. The fraction of sp³-hybridized carbons (Fsp3) is 0.381. The molecule has 2 saturated carbocycles. The first-order valence-corrected chi connectivity index (χ1v) is 10.8. The Kier molecular flexibility index (Phi) is 4.68. The highest BCUT2D eigenvalue weighted by Crippen LogP contribution is 2.44. The Morgan fingerprint density at radius 3 is 2.37 bits per heavy atom. The Morgan fingerprint density at radius 2 is 1.70 bits per heavy atom. The van der Waals surface area contributed by atoms with Gasteiger partial charge in [0.1, 0.15) is 0 Å². The minimum atomic E-state index is -3.73. The number of hydrogen-bond donors (Lipinski definition) is 1. The normalized spacial score (nSPS) is 24.0. The third-order valence-electron chi connectivity index (χ3n) is 5.94. The minimum Gasteiger partial charge on any atom is -0.349 e. The van der Waals surface area contributed by atoms with E-state index in [0.717, 1.165) is 12.3 Å². The third-order valence-corrected chi connectivity index (χ3v) is 7.73. The summed E-state index contributed by atoms with van der Waals surface area (Å²) >= 11 is 0. The highest BCUT2D eigenvalue weighted by atomic mass is 32.2. The van der Waals surface area contributed by atoms with Crippen LogP contribution in [0, 0.1) is 11.8 Å². The number of hydrogen-bond acceptors (Lipinski definition) is 3. The number of nitrogens with one attached hydrogen (secondary N) is 1. The number of nitrogens with zero attached hydrogens (tertiary/aromatic N) is 1. The van der Waals surface area contributed by atoms with Crippen LogP contribution in [0.5, 0.6) is 0 Å². The maximum absolute atomic E-state index is 13.0. The Hall–Kier alpha value is -2.34. The highest BCUT2D eigenvalue weighted by Gasteiger charge is 2.40. The number of fused-ring (bicyclic) bond motifs is 2. The van der Waals surface area contributed by atoms with E-state index < -0.39 is 10.0 Å². The van der Waals surface area contributed by atoms with Crippen LogP contribution in [0.15, 0.2) is 59.5 Å². The molecule has 2 bridgehead atoms. The monoisotopic (exact) mass is 384 g/mol. The first-order valence-electron chi connectivity index (χ1n) is 9.40. The Bertz CT molecular complexity index is 943. The fourth-order valence-electron chi connectivity index (χ4n) is 4.49. The average Bonchev–Trinajstić information content (AvgIpc) is 3.31. The number of carbonyl (C=O) groups is 1. The molecule has 142 valence electrons. The van der Waals surface area contributed by atoms with Crippen LogP contribution in [0.25, 0.3) is 0 Å². The first kappa shape index (κ1) is 18.0. The first-order chi connectivity index (χ1) is 13.0. The Labute approximate surface area is 160 Å². The van der Waals surface area contributed by atoms with E-state index in [1.54, 1.807) is 54.6 Å². The molecule has 0 unspecified atom stereocenters. The molecule has 2 aliphatic rings. The van der Waals surface area contributed by atoms with Crippen LogP contribution in [0.4, 0.5) is 5.69 Å². The van der Waals surface area contributed by atoms with E-state index in [1.165, 1.54) is 30.6 Å². The molecule has 2 aromatic carbocycles. The van der Waals surface area contributed by atoms with Gasteiger partial charge in [-0.15, -0.1) is 0 Å². The van der Waals surface area contributed by atoms with E-state index in [9.17, 15) is 13.2 Å². The molecule has 2 aliphatic carbocycles. The van der Waals surface area contributed by atoms with E-state index in [1.807, 2.05) is 0 Å². The van der Waals surface area contributed by atoms with Crippen molar-refractivity contribution < 1.29 is 13.2 Å². The lowest BCUT2D eigenvalue weighted by molar-refractivity contribution is 0.0923. The van der Waals surface area contributed by atoms with Crippen molar-refractivity contribution in [3.8, 4) is 0 Å². The number of para-hydroxylation sites is 1. The van der Waals surface area contributed by atoms with Gasteiger partial charge in [0.15, 0.2) is 0 Å². The van der Waals surface area contributed by atoms with Gasteiger partial charge in [0, 0.05) is 13.1 Å². The zero-order valence-corrected chi connectivity index (χ0v) is 16.2. The number of sulfonamides is 1. The Balaban J connectivity index is 1.60. The number of anilines is 1. The molecule has 1 N–H and O–H groups in total. The molecule has 27 heavy (non-hydrogen) atoms. The van der Waals surface area contributed by atoms with Crippen LogP contribution >= 0.6 is 0 Å². The number of carbonyl (C=O) groups excluding carboxylic acids is 1. The number of benzene rings is 2.